The van der Waals surface area contributed by atoms with E-state index in [0.29, 0.717) is 34.1 Å². The second kappa shape index (κ2) is 7.39. The molecule has 0 aliphatic heterocycles. The van der Waals surface area contributed by atoms with Crippen molar-refractivity contribution < 1.29 is 18.7 Å². The Bertz CT molecular complexity index is 835. The minimum Gasteiger partial charge on any atom is -0.496 e. The molecule has 0 bridgehead atoms. The van der Waals surface area contributed by atoms with E-state index in [0.717, 1.165) is 0 Å². The summed E-state index contributed by atoms with van der Waals surface area (Å²) in [5.41, 5.74) is 0.305. The fraction of sp³-hybridized carbons (Fsp3) is 0.368. The van der Waals surface area contributed by atoms with E-state index in [1.807, 2.05) is 0 Å². The number of hydrogen-bond acceptors (Lipinski definition) is 4. The lowest BCUT2D eigenvalue weighted by Gasteiger charge is -2.20. The first-order chi connectivity index (χ1) is 11.8. The maximum atomic E-state index is 14.4. The lowest BCUT2D eigenvalue weighted by atomic mass is 9.96. The zero-order chi connectivity index (χ0) is 18.6. The van der Waals surface area contributed by atoms with Gasteiger partial charge in [-0.05, 0) is 57.0 Å². The summed E-state index contributed by atoms with van der Waals surface area (Å²) in [6.45, 7) is 5.53. The zero-order valence-electron chi connectivity index (χ0n) is 14.8. The van der Waals surface area contributed by atoms with Crippen molar-refractivity contribution in [1.29, 1.82) is 5.26 Å². The molecular formula is C19H21FN2O3. The van der Waals surface area contributed by atoms with Crippen LogP contribution in [0.1, 0.15) is 31.9 Å². The van der Waals surface area contributed by atoms with E-state index in [1.165, 1.54) is 13.2 Å². The molecule has 5 nitrogen and oxygen atoms in total. The number of nitriles is 1. The number of fused-ring (bicyclic) bond motifs is 1. The molecule has 1 N–H and O–H groups in total. The summed E-state index contributed by atoms with van der Waals surface area (Å²) in [4.78, 5) is 11.7. The number of hydrogen-bond donors (Lipinski definition) is 1. The topological polar surface area (TPSA) is 71.3 Å². The van der Waals surface area contributed by atoms with Crippen molar-refractivity contribution in [2.24, 2.45) is 0 Å². The number of carbonyl (C=O) groups excluding carboxylic acids is 1. The van der Waals surface area contributed by atoms with E-state index >= 15 is 0 Å². The molecule has 2 rings (SSSR count). The van der Waals surface area contributed by atoms with Crippen molar-refractivity contribution in [2.75, 3.05) is 13.7 Å². The van der Waals surface area contributed by atoms with Gasteiger partial charge in [-0.15, -0.1) is 0 Å². The number of amides is 1. The fourth-order valence-corrected chi connectivity index (χ4v) is 2.59. The van der Waals surface area contributed by atoms with Crippen LogP contribution in [0, 0.1) is 17.1 Å². The maximum Gasteiger partial charge on any atom is 0.407 e. The van der Waals surface area contributed by atoms with E-state index < -0.39 is 17.5 Å². The van der Waals surface area contributed by atoms with Gasteiger partial charge < -0.3 is 14.8 Å². The third kappa shape index (κ3) is 4.38. The molecule has 0 fully saturated rings. The van der Waals surface area contributed by atoms with E-state index in [4.69, 9.17) is 9.47 Å². The molecule has 0 radical (unpaired) electrons. The van der Waals surface area contributed by atoms with Crippen LogP contribution < -0.4 is 10.1 Å². The summed E-state index contributed by atoms with van der Waals surface area (Å²) in [6.07, 6.45) is -0.256. The number of rotatable bonds is 4. The van der Waals surface area contributed by atoms with Crippen LogP contribution in [0.3, 0.4) is 0 Å². The van der Waals surface area contributed by atoms with E-state index in [1.54, 1.807) is 39.0 Å². The standard InChI is InChI=1S/C19H21FN2O3/c1-19(2,3)25-18(23)22-10-9-13-12(11-21)5-6-14-16(24-4)8-7-15(20)17(13)14/h5-8H,9-10H2,1-4H3,(H,22,23). The normalized spacial score (nSPS) is 11.0. The molecule has 132 valence electrons. The molecule has 0 spiro atoms. The molecule has 2 aromatic carbocycles. The number of methoxy groups -OCH3 is 1. The van der Waals surface area contributed by atoms with Gasteiger partial charge in [-0.3, -0.25) is 0 Å². The smallest absolute Gasteiger partial charge is 0.407 e. The number of nitrogens with zero attached hydrogens (tertiary/aromatic N) is 1. The van der Waals surface area contributed by atoms with Gasteiger partial charge in [-0.25, -0.2) is 9.18 Å². The minimum atomic E-state index is -0.596. The van der Waals surface area contributed by atoms with E-state index in [9.17, 15) is 14.4 Å². The first-order valence-electron chi connectivity index (χ1n) is 7.92. The van der Waals surface area contributed by atoms with E-state index in [-0.39, 0.29) is 6.54 Å². The van der Waals surface area contributed by atoms with E-state index in [2.05, 4.69) is 11.4 Å². The van der Waals surface area contributed by atoms with Crippen LogP contribution in [0.25, 0.3) is 10.8 Å². The van der Waals surface area contributed by atoms with Gasteiger partial charge in [0.15, 0.2) is 0 Å². The molecule has 0 unspecified atom stereocenters. The summed E-state index contributed by atoms with van der Waals surface area (Å²) < 4.78 is 24.9. The highest BCUT2D eigenvalue weighted by Crippen LogP contribution is 2.32. The Hall–Kier alpha value is -2.81. The number of halogens is 1. The number of ether oxygens (including phenoxy) is 2. The second-order valence-corrected chi connectivity index (χ2v) is 6.55. The molecule has 25 heavy (non-hydrogen) atoms. The summed E-state index contributed by atoms with van der Waals surface area (Å²) >= 11 is 0. The summed E-state index contributed by atoms with van der Waals surface area (Å²) in [5.74, 6) is 0.0995. The highest BCUT2D eigenvalue weighted by atomic mass is 19.1. The molecule has 0 heterocycles. The van der Waals surface area contributed by atoms with Gasteiger partial charge >= 0.3 is 6.09 Å². The van der Waals surface area contributed by atoms with Crippen molar-refractivity contribution >= 4 is 16.9 Å². The summed E-state index contributed by atoms with van der Waals surface area (Å²) in [5, 5.41) is 12.9. The Morgan fingerprint density at radius 3 is 2.60 bits per heavy atom. The molecule has 0 aromatic heterocycles. The van der Waals surface area contributed by atoms with Gasteiger partial charge in [0.1, 0.15) is 17.2 Å². The summed E-state index contributed by atoms with van der Waals surface area (Å²) in [6, 6.07) is 8.24. The van der Waals surface area contributed by atoms with Gasteiger partial charge in [0.2, 0.25) is 0 Å². The van der Waals surface area contributed by atoms with Crippen LogP contribution in [0.2, 0.25) is 0 Å². The highest BCUT2D eigenvalue weighted by molar-refractivity contribution is 5.93. The van der Waals surface area contributed by atoms with Crippen molar-refractivity contribution in [1.82, 2.24) is 5.32 Å². The minimum absolute atomic E-state index is 0.222. The monoisotopic (exact) mass is 344 g/mol. The third-order valence-electron chi connectivity index (χ3n) is 3.58. The first-order valence-corrected chi connectivity index (χ1v) is 7.92. The Morgan fingerprint density at radius 2 is 2.00 bits per heavy atom. The lowest BCUT2D eigenvalue weighted by molar-refractivity contribution is 0.0528. The van der Waals surface area contributed by atoms with Crippen LogP contribution in [-0.2, 0) is 11.2 Å². The van der Waals surface area contributed by atoms with Crippen molar-refractivity contribution in [2.45, 2.75) is 32.8 Å². The Kier molecular flexibility index (Phi) is 5.48. The lowest BCUT2D eigenvalue weighted by Crippen LogP contribution is -2.33. The largest absolute Gasteiger partial charge is 0.496 e. The molecule has 0 saturated carbocycles. The second-order valence-electron chi connectivity index (χ2n) is 6.55. The number of benzene rings is 2. The van der Waals surface area contributed by atoms with Gasteiger partial charge in [0, 0.05) is 17.3 Å². The molecular weight excluding hydrogens is 323 g/mol. The molecule has 0 saturated heterocycles. The molecule has 2 aromatic rings. The van der Waals surface area contributed by atoms with Crippen LogP contribution in [0.4, 0.5) is 9.18 Å². The molecule has 0 atom stereocenters. The third-order valence-corrected chi connectivity index (χ3v) is 3.58. The van der Waals surface area contributed by atoms with Crippen molar-refractivity contribution in [3.63, 3.8) is 0 Å². The van der Waals surface area contributed by atoms with Crippen LogP contribution in [0.15, 0.2) is 24.3 Å². The Morgan fingerprint density at radius 1 is 1.28 bits per heavy atom. The Labute approximate surface area is 146 Å². The number of alkyl carbamates (subject to hydrolysis) is 1. The van der Waals surface area contributed by atoms with Crippen LogP contribution >= 0.6 is 0 Å². The zero-order valence-corrected chi connectivity index (χ0v) is 14.8. The SMILES string of the molecule is COc1ccc(F)c2c(CCNC(=O)OC(C)(C)C)c(C#N)ccc12. The average molecular weight is 344 g/mol. The quantitative estimate of drug-likeness (QED) is 0.912. The van der Waals surface area contributed by atoms with Gasteiger partial charge in [-0.1, -0.05) is 0 Å². The highest BCUT2D eigenvalue weighted by Gasteiger charge is 2.17. The molecule has 6 heteroatoms. The number of nitrogens with one attached hydrogen (secondary N) is 1. The van der Waals surface area contributed by atoms with Crippen LogP contribution in [0.5, 0.6) is 5.75 Å². The number of carbonyl (C=O) groups is 1. The van der Waals surface area contributed by atoms with Crippen molar-refractivity contribution in [3.05, 3.63) is 41.2 Å². The molecule has 1 amide bonds. The Balaban J connectivity index is 2.30. The first kappa shape index (κ1) is 18.5. The molecule has 0 aliphatic carbocycles. The van der Waals surface area contributed by atoms with Gasteiger partial charge in [0.25, 0.3) is 0 Å². The predicted molar refractivity (Wildman–Crippen MR) is 93.1 cm³/mol. The van der Waals surface area contributed by atoms with Crippen LogP contribution in [-0.4, -0.2) is 25.3 Å². The van der Waals surface area contributed by atoms with Gasteiger partial charge in [-0.2, -0.15) is 5.26 Å². The fourth-order valence-electron chi connectivity index (χ4n) is 2.59. The molecule has 0 aliphatic rings. The summed E-state index contributed by atoms with van der Waals surface area (Å²) in [7, 11) is 1.51. The maximum absolute atomic E-state index is 14.4. The van der Waals surface area contributed by atoms with Gasteiger partial charge in [0.05, 0.1) is 18.7 Å². The predicted octanol–water partition coefficient (Wildman–Crippen LogP) is 3.93. The van der Waals surface area contributed by atoms with Crippen molar-refractivity contribution in [3.8, 4) is 11.8 Å². The average Bonchev–Trinajstić information content (AvgIpc) is 2.53.